The Morgan fingerprint density at radius 2 is 1.29 bits per heavy atom. The van der Waals surface area contributed by atoms with Crippen LogP contribution in [-0.2, 0) is 10.0 Å². The summed E-state index contributed by atoms with van der Waals surface area (Å²) < 4.78 is 28.1. The maximum absolute atomic E-state index is 13.2. The van der Waals surface area contributed by atoms with E-state index in [0.717, 1.165) is 22.3 Å². The molecule has 34 heavy (non-hydrogen) atoms. The number of benzene rings is 4. The molecule has 0 saturated carbocycles. The molecule has 6 heteroatoms. The predicted octanol–water partition coefficient (Wildman–Crippen LogP) is 5.62. The molecule has 4 aromatic carbocycles. The Labute approximate surface area is 200 Å². The molecule has 1 atom stereocenters. The number of nitrogens with one attached hydrogen (secondary N) is 2. The van der Waals surface area contributed by atoms with E-state index in [1.54, 1.807) is 42.5 Å². The summed E-state index contributed by atoms with van der Waals surface area (Å²) in [6.07, 6.45) is 0. The van der Waals surface area contributed by atoms with Crippen molar-refractivity contribution < 1.29 is 13.2 Å². The molecule has 0 aromatic heterocycles. The van der Waals surface area contributed by atoms with Crippen molar-refractivity contribution in [2.75, 3.05) is 4.72 Å². The maximum atomic E-state index is 13.2. The molecule has 0 aliphatic heterocycles. The largest absolute Gasteiger partial charge is 0.341 e. The van der Waals surface area contributed by atoms with Crippen molar-refractivity contribution in [3.63, 3.8) is 0 Å². The van der Waals surface area contributed by atoms with Crippen molar-refractivity contribution >= 4 is 21.6 Å². The number of carbonyl (C=O) groups is 1. The third kappa shape index (κ3) is 5.53. The van der Waals surface area contributed by atoms with Crippen LogP contribution in [0.4, 0.5) is 5.69 Å². The number of hydrogen-bond acceptors (Lipinski definition) is 3. The van der Waals surface area contributed by atoms with Gasteiger partial charge in [0, 0.05) is 11.3 Å². The smallest absolute Gasteiger partial charge is 0.261 e. The van der Waals surface area contributed by atoms with Gasteiger partial charge in [0.2, 0.25) is 0 Å². The average Bonchev–Trinajstić information content (AvgIpc) is 2.84. The fraction of sp³-hybridized carbons (Fsp3) is 0.107. The third-order valence-electron chi connectivity index (χ3n) is 5.53. The Bertz CT molecular complexity index is 1380. The van der Waals surface area contributed by atoms with Gasteiger partial charge < -0.3 is 5.32 Å². The van der Waals surface area contributed by atoms with Crippen LogP contribution < -0.4 is 10.0 Å². The van der Waals surface area contributed by atoms with Crippen LogP contribution in [0.15, 0.2) is 108 Å². The molecule has 0 heterocycles. The van der Waals surface area contributed by atoms with Gasteiger partial charge >= 0.3 is 0 Å². The summed E-state index contributed by atoms with van der Waals surface area (Å²) in [4.78, 5) is 13.4. The molecule has 5 nitrogen and oxygen atoms in total. The summed E-state index contributed by atoms with van der Waals surface area (Å²) in [6, 6.07) is 30.5. The lowest BCUT2D eigenvalue weighted by Gasteiger charge is -2.20. The molecule has 172 valence electrons. The second-order valence-electron chi connectivity index (χ2n) is 8.23. The zero-order valence-electron chi connectivity index (χ0n) is 19.0. The van der Waals surface area contributed by atoms with E-state index in [9.17, 15) is 13.2 Å². The van der Waals surface area contributed by atoms with E-state index in [1.807, 2.05) is 68.4 Å². The second kappa shape index (κ2) is 9.93. The number of sulfonamides is 1. The lowest BCUT2D eigenvalue weighted by Crippen LogP contribution is -2.29. The minimum Gasteiger partial charge on any atom is -0.341 e. The van der Waals surface area contributed by atoms with E-state index < -0.39 is 10.0 Å². The van der Waals surface area contributed by atoms with Gasteiger partial charge in [-0.1, -0.05) is 83.9 Å². The molecule has 2 N–H and O–H groups in total. The molecule has 0 aliphatic carbocycles. The van der Waals surface area contributed by atoms with Gasteiger partial charge in [-0.3, -0.25) is 9.52 Å². The predicted molar refractivity (Wildman–Crippen MR) is 135 cm³/mol. The highest BCUT2D eigenvalue weighted by Gasteiger charge is 2.19. The lowest BCUT2D eigenvalue weighted by atomic mass is 9.97. The minimum atomic E-state index is -3.77. The van der Waals surface area contributed by atoms with E-state index in [1.165, 1.54) is 6.07 Å². The first-order chi connectivity index (χ1) is 16.3. The maximum Gasteiger partial charge on any atom is 0.261 e. The third-order valence-corrected chi connectivity index (χ3v) is 6.92. The normalized spacial score (nSPS) is 12.1. The molecule has 0 bridgehead atoms. The van der Waals surface area contributed by atoms with Gasteiger partial charge in [-0.2, -0.15) is 0 Å². The number of amides is 1. The summed E-state index contributed by atoms with van der Waals surface area (Å²) in [6.45, 7) is 3.91. The van der Waals surface area contributed by atoms with Crippen LogP contribution in [0.1, 0.15) is 38.7 Å². The van der Waals surface area contributed by atoms with Crippen LogP contribution in [-0.4, -0.2) is 14.3 Å². The Morgan fingerprint density at radius 3 is 1.94 bits per heavy atom. The number of carbonyl (C=O) groups excluding carboxylic acids is 1. The Morgan fingerprint density at radius 1 is 0.706 bits per heavy atom. The Balaban J connectivity index is 1.58. The van der Waals surface area contributed by atoms with Gasteiger partial charge in [0.05, 0.1) is 10.9 Å². The van der Waals surface area contributed by atoms with Crippen LogP contribution in [0.2, 0.25) is 0 Å². The summed E-state index contributed by atoms with van der Waals surface area (Å²) in [5.74, 6) is -0.300. The molecule has 0 radical (unpaired) electrons. The van der Waals surface area contributed by atoms with Crippen LogP contribution in [0.25, 0.3) is 0 Å². The summed E-state index contributed by atoms with van der Waals surface area (Å²) in [5.41, 5.74) is 4.70. The highest BCUT2D eigenvalue weighted by atomic mass is 32.2. The number of anilines is 1. The van der Waals surface area contributed by atoms with E-state index in [0.29, 0.717) is 11.3 Å². The second-order valence-corrected chi connectivity index (χ2v) is 9.91. The first kappa shape index (κ1) is 23.3. The molecule has 4 aromatic rings. The van der Waals surface area contributed by atoms with Crippen molar-refractivity contribution in [2.24, 2.45) is 0 Å². The number of hydrogen-bond donors (Lipinski definition) is 2. The summed E-state index contributed by atoms with van der Waals surface area (Å²) in [7, 11) is -3.77. The molecule has 0 unspecified atom stereocenters. The fourth-order valence-electron chi connectivity index (χ4n) is 3.63. The van der Waals surface area contributed by atoms with Crippen LogP contribution in [0.5, 0.6) is 0 Å². The van der Waals surface area contributed by atoms with E-state index in [2.05, 4.69) is 10.0 Å². The summed E-state index contributed by atoms with van der Waals surface area (Å²) in [5, 5.41) is 3.10. The summed E-state index contributed by atoms with van der Waals surface area (Å²) >= 11 is 0. The standard InChI is InChI=1S/C28H26N2O3S/c1-20-11-15-23(16-12-20)27(22-7-4-3-5-8-22)29-28(31)24-9-6-10-25(19-24)30-34(32,33)26-17-13-21(2)14-18-26/h3-19,27,30H,1-2H3,(H,29,31)/t27-/m1/s1. The lowest BCUT2D eigenvalue weighted by molar-refractivity contribution is 0.0943. The van der Waals surface area contributed by atoms with Gasteiger partial charge in [-0.05, 0) is 55.3 Å². The molecular weight excluding hydrogens is 444 g/mol. The Hall–Kier alpha value is -3.90. The van der Waals surface area contributed by atoms with Crippen LogP contribution in [0, 0.1) is 13.8 Å². The van der Waals surface area contributed by atoms with Crippen molar-refractivity contribution in [2.45, 2.75) is 24.8 Å². The van der Waals surface area contributed by atoms with Crippen LogP contribution in [0.3, 0.4) is 0 Å². The van der Waals surface area contributed by atoms with Gasteiger partial charge in [0.25, 0.3) is 15.9 Å². The van der Waals surface area contributed by atoms with Crippen molar-refractivity contribution in [1.82, 2.24) is 5.32 Å². The minimum absolute atomic E-state index is 0.163. The molecule has 0 spiro atoms. The van der Waals surface area contributed by atoms with Crippen molar-refractivity contribution in [3.05, 3.63) is 131 Å². The van der Waals surface area contributed by atoms with Crippen molar-refractivity contribution in [3.8, 4) is 0 Å². The molecule has 4 rings (SSSR count). The van der Waals surface area contributed by atoms with Gasteiger partial charge in [-0.15, -0.1) is 0 Å². The van der Waals surface area contributed by atoms with E-state index in [4.69, 9.17) is 0 Å². The van der Waals surface area contributed by atoms with E-state index >= 15 is 0 Å². The Kier molecular flexibility index (Phi) is 6.80. The van der Waals surface area contributed by atoms with Gasteiger partial charge in [-0.25, -0.2) is 8.42 Å². The molecular formula is C28H26N2O3S. The van der Waals surface area contributed by atoms with Gasteiger partial charge in [0.15, 0.2) is 0 Å². The average molecular weight is 471 g/mol. The zero-order chi connectivity index (χ0) is 24.1. The first-order valence-electron chi connectivity index (χ1n) is 10.9. The number of rotatable bonds is 7. The monoisotopic (exact) mass is 470 g/mol. The SMILES string of the molecule is Cc1ccc([C@H](NC(=O)c2cccc(NS(=O)(=O)c3ccc(C)cc3)c2)c2ccccc2)cc1. The number of aryl methyl sites for hydroxylation is 2. The fourth-order valence-corrected chi connectivity index (χ4v) is 4.68. The van der Waals surface area contributed by atoms with Crippen LogP contribution >= 0.6 is 0 Å². The molecule has 1 amide bonds. The van der Waals surface area contributed by atoms with E-state index in [-0.39, 0.29) is 16.8 Å². The molecule has 0 aliphatic rings. The topological polar surface area (TPSA) is 75.3 Å². The quantitative estimate of drug-likeness (QED) is 0.368. The van der Waals surface area contributed by atoms with Crippen molar-refractivity contribution in [1.29, 1.82) is 0 Å². The van der Waals surface area contributed by atoms with Gasteiger partial charge in [0.1, 0.15) is 0 Å². The molecule has 0 fully saturated rings. The first-order valence-corrected chi connectivity index (χ1v) is 12.4. The highest BCUT2D eigenvalue weighted by Crippen LogP contribution is 2.24. The zero-order valence-corrected chi connectivity index (χ0v) is 19.8. The highest BCUT2D eigenvalue weighted by molar-refractivity contribution is 7.92. The molecule has 0 saturated heterocycles.